The molecule has 2 rings (SSSR count). The lowest BCUT2D eigenvalue weighted by Crippen LogP contribution is -2.22. The van der Waals surface area contributed by atoms with E-state index in [2.05, 4.69) is 10.2 Å². The van der Waals surface area contributed by atoms with Gasteiger partial charge in [-0.25, -0.2) is 12.7 Å². The molecule has 2 aromatic rings. The van der Waals surface area contributed by atoms with E-state index in [0.717, 1.165) is 9.20 Å². The SMILES string of the molecule is CN(C)S(=O)(=O)c1ccc(Sc2nncn2C)c(N)c1. The molecule has 0 spiro atoms. The van der Waals surface area contributed by atoms with Crippen LogP contribution >= 0.6 is 11.8 Å². The number of nitrogens with zero attached hydrogens (tertiary/aromatic N) is 4. The second-order valence-electron chi connectivity index (χ2n) is 4.31. The van der Waals surface area contributed by atoms with Crippen LogP contribution in [0.2, 0.25) is 0 Å². The summed E-state index contributed by atoms with van der Waals surface area (Å²) in [5.74, 6) is 0. The second kappa shape index (κ2) is 5.43. The first-order valence-corrected chi connectivity index (χ1v) is 7.92. The minimum absolute atomic E-state index is 0.169. The number of hydrogen-bond donors (Lipinski definition) is 1. The van der Waals surface area contributed by atoms with Gasteiger partial charge in [0.1, 0.15) is 6.33 Å². The molecular weight excluding hydrogens is 298 g/mol. The van der Waals surface area contributed by atoms with Crippen LogP contribution in [0.3, 0.4) is 0 Å². The first-order chi connectivity index (χ1) is 9.32. The summed E-state index contributed by atoms with van der Waals surface area (Å²) in [5.41, 5.74) is 6.31. The highest BCUT2D eigenvalue weighted by molar-refractivity contribution is 7.99. The van der Waals surface area contributed by atoms with E-state index in [0.29, 0.717) is 10.8 Å². The molecule has 0 saturated heterocycles. The Balaban J connectivity index is 2.34. The standard InChI is InChI=1S/C11H15N5O2S2/c1-15(2)20(17,18)8-4-5-10(9(12)6-8)19-11-14-13-7-16(11)3/h4-7H,12H2,1-3H3. The number of rotatable bonds is 4. The number of nitrogens with two attached hydrogens (primary N) is 1. The minimum Gasteiger partial charge on any atom is -0.398 e. The van der Waals surface area contributed by atoms with Crippen molar-refractivity contribution in [2.24, 2.45) is 7.05 Å². The van der Waals surface area contributed by atoms with Gasteiger partial charge in [0.05, 0.1) is 4.90 Å². The molecule has 9 heteroatoms. The van der Waals surface area contributed by atoms with Gasteiger partial charge in [0.25, 0.3) is 0 Å². The molecule has 1 aromatic carbocycles. The van der Waals surface area contributed by atoms with Crippen LogP contribution < -0.4 is 5.73 Å². The molecule has 7 nitrogen and oxygen atoms in total. The van der Waals surface area contributed by atoms with E-state index in [-0.39, 0.29) is 4.90 Å². The quantitative estimate of drug-likeness (QED) is 0.839. The highest BCUT2D eigenvalue weighted by Gasteiger charge is 2.18. The Hall–Kier alpha value is -1.58. The van der Waals surface area contributed by atoms with Crippen LogP contribution in [0.1, 0.15) is 0 Å². The van der Waals surface area contributed by atoms with Crippen LogP contribution in [-0.2, 0) is 17.1 Å². The molecule has 1 heterocycles. The molecule has 0 atom stereocenters. The summed E-state index contributed by atoms with van der Waals surface area (Å²) in [4.78, 5) is 0.904. The molecule has 0 aliphatic heterocycles. The highest BCUT2D eigenvalue weighted by Crippen LogP contribution is 2.32. The maximum atomic E-state index is 12.0. The van der Waals surface area contributed by atoms with Gasteiger partial charge in [-0.15, -0.1) is 10.2 Å². The molecule has 0 amide bonds. The lowest BCUT2D eigenvalue weighted by Gasteiger charge is -2.13. The van der Waals surface area contributed by atoms with Gasteiger partial charge in [-0.1, -0.05) is 0 Å². The smallest absolute Gasteiger partial charge is 0.242 e. The number of sulfonamides is 1. The van der Waals surface area contributed by atoms with Crippen molar-refractivity contribution in [2.75, 3.05) is 19.8 Å². The zero-order valence-electron chi connectivity index (χ0n) is 11.3. The van der Waals surface area contributed by atoms with Crippen molar-refractivity contribution < 1.29 is 8.42 Å². The summed E-state index contributed by atoms with van der Waals surface area (Å²) in [5, 5.41) is 8.40. The Morgan fingerprint density at radius 2 is 2.05 bits per heavy atom. The zero-order chi connectivity index (χ0) is 14.9. The van der Waals surface area contributed by atoms with Gasteiger partial charge in [-0.2, -0.15) is 0 Å². The molecule has 0 aliphatic carbocycles. The van der Waals surface area contributed by atoms with Gasteiger partial charge in [0.15, 0.2) is 5.16 Å². The van der Waals surface area contributed by atoms with Crippen LogP contribution in [0, 0.1) is 0 Å². The third kappa shape index (κ3) is 2.79. The van der Waals surface area contributed by atoms with Crippen molar-refractivity contribution in [1.82, 2.24) is 19.1 Å². The third-order valence-corrected chi connectivity index (χ3v) is 5.59. The van der Waals surface area contributed by atoms with Gasteiger partial charge in [0.2, 0.25) is 10.0 Å². The number of anilines is 1. The van der Waals surface area contributed by atoms with E-state index in [1.165, 1.54) is 38.0 Å². The van der Waals surface area contributed by atoms with Crippen molar-refractivity contribution in [3.63, 3.8) is 0 Å². The zero-order valence-corrected chi connectivity index (χ0v) is 12.9. The van der Waals surface area contributed by atoms with Gasteiger partial charge in [0, 0.05) is 31.7 Å². The van der Waals surface area contributed by atoms with Gasteiger partial charge in [-0.05, 0) is 30.0 Å². The number of nitrogen functional groups attached to an aromatic ring is 1. The molecule has 0 fully saturated rings. The summed E-state index contributed by atoms with van der Waals surface area (Å²) >= 11 is 1.33. The van der Waals surface area contributed by atoms with Crippen LogP contribution in [-0.4, -0.2) is 41.6 Å². The fraction of sp³-hybridized carbons (Fsp3) is 0.273. The van der Waals surface area contributed by atoms with Gasteiger partial charge >= 0.3 is 0 Å². The Morgan fingerprint density at radius 1 is 1.35 bits per heavy atom. The molecule has 1 aromatic heterocycles. The van der Waals surface area contributed by atoms with Crippen molar-refractivity contribution in [1.29, 1.82) is 0 Å². The predicted molar refractivity (Wildman–Crippen MR) is 76.9 cm³/mol. The topological polar surface area (TPSA) is 94.1 Å². The van der Waals surface area contributed by atoms with E-state index in [1.54, 1.807) is 17.0 Å². The van der Waals surface area contributed by atoms with E-state index < -0.39 is 10.0 Å². The molecule has 2 N–H and O–H groups in total. The van der Waals surface area contributed by atoms with Crippen molar-refractivity contribution in [2.45, 2.75) is 14.9 Å². The average molecular weight is 313 g/mol. The maximum Gasteiger partial charge on any atom is 0.242 e. The normalized spacial score (nSPS) is 12.0. The van der Waals surface area contributed by atoms with Crippen molar-refractivity contribution in [3.05, 3.63) is 24.5 Å². The van der Waals surface area contributed by atoms with E-state index in [4.69, 9.17) is 5.73 Å². The highest BCUT2D eigenvalue weighted by atomic mass is 32.2. The largest absolute Gasteiger partial charge is 0.398 e. The Kier molecular flexibility index (Phi) is 4.02. The Morgan fingerprint density at radius 3 is 2.55 bits per heavy atom. The first kappa shape index (κ1) is 14.8. The maximum absolute atomic E-state index is 12.0. The Labute approximate surface area is 121 Å². The van der Waals surface area contributed by atoms with Crippen LogP contribution in [0.15, 0.2) is 39.5 Å². The van der Waals surface area contributed by atoms with Crippen molar-refractivity contribution in [3.8, 4) is 0 Å². The van der Waals surface area contributed by atoms with Gasteiger partial charge < -0.3 is 10.3 Å². The summed E-state index contributed by atoms with van der Waals surface area (Å²) in [6, 6.07) is 4.66. The molecule has 20 heavy (non-hydrogen) atoms. The molecule has 0 unspecified atom stereocenters. The molecular formula is C11H15N5O2S2. The molecule has 108 valence electrons. The fourth-order valence-electron chi connectivity index (χ4n) is 1.45. The number of aryl methyl sites for hydroxylation is 1. The molecule has 0 aliphatic rings. The van der Waals surface area contributed by atoms with Crippen LogP contribution in [0.25, 0.3) is 0 Å². The average Bonchev–Trinajstić information content (AvgIpc) is 2.77. The number of benzene rings is 1. The Bertz CT molecular complexity index is 724. The monoisotopic (exact) mass is 313 g/mol. The van der Waals surface area contributed by atoms with Crippen LogP contribution in [0.5, 0.6) is 0 Å². The second-order valence-corrected chi connectivity index (χ2v) is 7.47. The predicted octanol–water partition coefficient (Wildman–Crippen LogP) is 0.799. The third-order valence-electron chi connectivity index (χ3n) is 2.63. The first-order valence-electron chi connectivity index (χ1n) is 5.66. The lowest BCUT2D eigenvalue weighted by atomic mass is 10.3. The molecule has 0 saturated carbocycles. The number of aromatic nitrogens is 3. The summed E-state index contributed by atoms with van der Waals surface area (Å²) in [6.07, 6.45) is 1.59. The lowest BCUT2D eigenvalue weighted by molar-refractivity contribution is 0.520. The number of hydrogen-bond acceptors (Lipinski definition) is 6. The molecule has 0 radical (unpaired) electrons. The van der Waals surface area contributed by atoms with Gasteiger partial charge in [-0.3, -0.25) is 0 Å². The molecule has 0 bridgehead atoms. The van der Waals surface area contributed by atoms with Crippen LogP contribution in [0.4, 0.5) is 5.69 Å². The summed E-state index contributed by atoms with van der Waals surface area (Å²) < 4.78 is 26.9. The van der Waals surface area contributed by atoms with E-state index in [9.17, 15) is 8.42 Å². The van der Waals surface area contributed by atoms with E-state index >= 15 is 0 Å². The summed E-state index contributed by atoms with van der Waals surface area (Å²) in [7, 11) is 1.31. The minimum atomic E-state index is -3.48. The van der Waals surface area contributed by atoms with E-state index in [1.807, 2.05) is 7.05 Å². The fourth-order valence-corrected chi connectivity index (χ4v) is 3.18. The summed E-state index contributed by atoms with van der Waals surface area (Å²) in [6.45, 7) is 0. The van der Waals surface area contributed by atoms with Crippen molar-refractivity contribution >= 4 is 27.5 Å².